The van der Waals surface area contributed by atoms with Crippen LogP contribution in [-0.2, 0) is 23.0 Å². The van der Waals surface area contributed by atoms with E-state index in [1.54, 1.807) is 29.9 Å². The summed E-state index contributed by atoms with van der Waals surface area (Å²) in [6, 6.07) is 13.8. The van der Waals surface area contributed by atoms with E-state index in [1.165, 1.54) is 7.11 Å². The van der Waals surface area contributed by atoms with Gasteiger partial charge in [-0.1, -0.05) is 30.3 Å². The Balaban J connectivity index is 1.86. The molecule has 140 valence electrons. The first kappa shape index (κ1) is 18.2. The van der Waals surface area contributed by atoms with Gasteiger partial charge in [-0.2, -0.15) is 5.10 Å². The van der Waals surface area contributed by atoms with E-state index in [4.69, 9.17) is 0 Å². The molecule has 3 N–H and O–H groups in total. The van der Waals surface area contributed by atoms with Crippen molar-refractivity contribution in [1.29, 1.82) is 0 Å². The van der Waals surface area contributed by atoms with E-state index in [2.05, 4.69) is 20.5 Å². The smallest absolute Gasteiger partial charge is 0.411 e. The molecule has 3 rings (SSSR count). The lowest BCUT2D eigenvalue weighted by molar-refractivity contribution is -0.137. The van der Waals surface area contributed by atoms with Crippen molar-refractivity contribution in [2.75, 3.05) is 17.7 Å². The van der Waals surface area contributed by atoms with Gasteiger partial charge in [0.15, 0.2) is 5.82 Å². The van der Waals surface area contributed by atoms with Crippen LogP contribution < -0.4 is 10.6 Å². The zero-order valence-corrected chi connectivity index (χ0v) is 15.0. The fraction of sp³-hybridized carbons (Fsp3) is 0.211. The Labute approximate surface area is 155 Å². The Morgan fingerprint density at radius 1 is 1.22 bits per heavy atom. The number of anilines is 2. The lowest BCUT2D eigenvalue weighted by Gasteiger charge is -2.14. The molecule has 8 nitrogen and oxygen atoms in total. The number of nitrogens with one attached hydrogen (secondary N) is 2. The summed E-state index contributed by atoms with van der Waals surface area (Å²) >= 11 is 0. The molecule has 2 aromatic carbocycles. The van der Waals surface area contributed by atoms with Crippen molar-refractivity contribution >= 4 is 34.5 Å². The number of rotatable bonds is 6. The number of methoxy groups -OCH3 is 1. The van der Waals surface area contributed by atoms with E-state index < -0.39 is 18.1 Å². The van der Waals surface area contributed by atoms with Crippen LogP contribution in [0.5, 0.6) is 0 Å². The molecule has 0 saturated carbocycles. The van der Waals surface area contributed by atoms with Crippen molar-refractivity contribution in [1.82, 2.24) is 9.78 Å². The van der Waals surface area contributed by atoms with E-state index in [1.807, 2.05) is 30.3 Å². The van der Waals surface area contributed by atoms with Gasteiger partial charge in [-0.05, 0) is 23.8 Å². The van der Waals surface area contributed by atoms with Crippen LogP contribution in [0.15, 0.2) is 48.5 Å². The van der Waals surface area contributed by atoms with Gasteiger partial charge >= 0.3 is 12.1 Å². The normalized spacial score (nSPS) is 11.8. The maximum Gasteiger partial charge on any atom is 0.411 e. The quantitative estimate of drug-likeness (QED) is 0.618. The van der Waals surface area contributed by atoms with Crippen LogP contribution in [0.25, 0.3) is 10.9 Å². The summed E-state index contributed by atoms with van der Waals surface area (Å²) in [5.74, 6) is -0.484. The topological polar surface area (TPSA) is 105 Å². The summed E-state index contributed by atoms with van der Waals surface area (Å²) in [6.45, 7) is 0. The second-order valence-electron chi connectivity index (χ2n) is 6.05. The third-order valence-corrected chi connectivity index (χ3v) is 4.17. The van der Waals surface area contributed by atoms with Crippen LogP contribution in [0, 0.1) is 0 Å². The van der Waals surface area contributed by atoms with Gasteiger partial charge in [0, 0.05) is 24.5 Å². The largest absolute Gasteiger partial charge is 0.480 e. The van der Waals surface area contributed by atoms with E-state index in [0.29, 0.717) is 17.9 Å². The minimum atomic E-state index is -0.957. The highest BCUT2D eigenvalue weighted by Gasteiger charge is 2.21. The molecule has 0 fully saturated rings. The number of aryl methyl sites for hydroxylation is 1. The molecular formula is C19H20N4O4. The highest BCUT2D eigenvalue weighted by Crippen LogP contribution is 2.26. The number of aromatic nitrogens is 2. The fourth-order valence-electron chi connectivity index (χ4n) is 2.83. The lowest BCUT2D eigenvalue weighted by atomic mass is 10.1. The monoisotopic (exact) mass is 368 g/mol. The van der Waals surface area contributed by atoms with Crippen LogP contribution in [0.4, 0.5) is 16.3 Å². The molecule has 8 heteroatoms. The van der Waals surface area contributed by atoms with Gasteiger partial charge in [0.25, 0.3) is 0 Å². The Kier molecular flexibility index (Phi) is 5.25. The van der Waals surface area contributed by atoms with Gasteiger partial charge in [0.05, 0.1) is 12.6 Å². The molecule has 1 aromatic heterocycles. The van der Waals surface area contributed by atoms with Crippen molar-refractivity contribution < 1.29 is 19.4 Å². The predicted molar refractivity (Wildman–Crippen MR) is 102 cm³/mol. The van der Waals surface area contributed by atoms with Gasteiger partial charge < -0.3 is 15.2 Å². The molecule has 0 bridgehead atoms. The molecule has 1 unspecified atom stereocenters. The number of ether oxygens (including phenoxy) is 1. The molecule has 1 atom stereocenters. The molecule has 0 spiro atoms. The van der Waals surface area contributed by atoms with Gasteiger partial charge in [0.2, 0.25) is 0 Å². The molecule has 0 radical (unpaired) electrons. The molecule has 3 aromatic rings. The molecule has 0 aliphatic heterocycles. The van der Waals surface area contributed by atoms with E-state index in [0.717, 1.165) is 16.5 Å². The van der Waals surface area contributed by atoms with Crippen molar-refractivity contribution in [2.24, 2.45) is 7.05 Å². The fourth-order valence-corrected chi connectivity index (χ4v) is 2.83. The first-order valence-corrected chi connectivity index (χ1v) is 8.33. The van der Waals surface area contributed by atoms with Crippen molar-refractivity contribution in [3.63, 3.8) is 0 Å². The predicted octanol–water partition coefficient (Wildman–Crippen LogP) is 2.86. The summed E-state index contributed by atoms with van der Waals surface area (Å²) in [6.07, 6.45) is -0.236. The van der Waals surface area contributed by atoms with Crippen LogP contribution in [0.1, 0.15) is 5.56 Å². The number of hydrogen-bond donors (Lipinski definition) is 3. The van der Waals surface area contributed by atoms with Gasteiger partial charge in [0.1, 0.15) is 6.04 Å². The second-order valence-corrected chi connectivity index (χ2v) is 6.05. The number of carbonyl (C=O) groups excluding carboxylic acids is 1. The molecule has 1 amide bonds. The van der Waals surface area contributed by atoms with E-state index in [9.17, 15) is 14.7 Å². The van der Waals surface area contributed by atoms with Crippen LogP contribution >= 0.6 is 0 Å². The van der Waals surface area contributed by atoms with Crippen molar-refractivity contribution in [3.05, 3.63) is 54.1 Å². The number of nitrogens with zero attached hydrogens (tertiary/aromatic N) is 2. The van der Waals surface area contributed by atoms with Crippen LogP contribution in [-0.4, -0.2) is 40.1 Å². The summed E-state index contributed by atoms with van der Waals surface area (Å²) in [4.78, 5) is 23.1. The van der Waals surface area contributed by atoms with Gasteiger partial charge in [-0.25, -0.2) is 9.59 Å². The van der Waals surface area contributed by atoms with Crippen LogP contribution in [0.2, 0.25) is 0 Å². The number of amides is 1. The minimum absolute atomic E-state index is 0.330. The van der Waals surface area contributed by atoms with E-state index in [-0.39, 0.29) is 0 Å². The van der Waals surface area contributed by atoms with E-state index >= 15 is 0 Å². The maximum absolute atomic E-state index is 11.7. The third-order valence-electron chi connectivity index (χ3n) is 4.17. The highest BCUT2D eigenvalue weighted by molar-refractivity contribution is 5.96. The average Bonchev–Trinajstić information content (AvgIpc) is 2.97. The Morgan fingerprint density at radius 2 is 1.96 bits per heavy atom. The summed E-state index contributed by atoms with van der Waals surface area (Å²) in [5, 5.41) is 20.3. The first-order chi connectivity index (χ1) is 13.0. The van der Waals surface area contributed by atoms with Gasteiger partial charge in [-0.15, -0.1) is 0 Å². The standard InChI is InChI=1S/C19H20N4O4/c1-23-16-11-13(20-19(26)27-2)8-9-14(16)17(22-23)21-15(18(24)25)10-12-6-4-3-5-7-12/h3-9,11,15H,10H2,1-2H3,(H,20,26)(H,21,22)(H,24,25). The number of carboxylic acids is 1. The van der Waals surface area contributed by atoms with Gasteiger partial charge in [-0.3, -0.25) is 10.00 Å². The zero-order valence-electron chi connectivity index (χ0n) is 15.0. The molecule has 27 heavy (non-hydrogen) atoms. The third kappa shape index (κ3) is 4.17. The minimum Gasteiger partial charge on any atom is -0.480 e. The first-order valence-electron chi connectivity index (χ1n) is 8.33. The van der Waals surface area contributed by atoms with Crippen molar-refractivity contribution in [3.8, 4) is 0 Å². The summed E-state index contributed by atoms with van der Waals surface area (Å²) in [5.41, 5.74) is 2.22. The Hall–Kier alpha value is -3.55. The second kappa shape index (κ2) is 7.77. The number of benzene rings is 2. The molecule has 0 aliphatic rings. The summed E-state index contributed by atoms with van der Waals surface area (Å²) in [7, 11) is 3.04. The number of fused-ring (bicyclic) bond motifs is 1. The van der Waals surface area contributed by atoms with Crippen molar-refractivity contribution in [2.45, 2.75) is 12.5 Å². The molecule has 0 aliphatic carbocycles. The number of carbonyl (C=O) groups is 2. The number of aliphatic carboxylic acids is 1. The number of carboxylic acid groups (broad SMARTS) is 1. The Morgan fingerprint density at radius 3 is 2.63 bits per heavy atom. The lowest BCUT2D eigenvalue weighted by Crippen LogP contribution is -2.31. The van der Waals surface area contributed by atoms with Crippen LogP contribution in [0.3, 0.4) is 0 Å². The maximum atomic E-state index is 11.7. The zero-order chi connectivity index (χ0) is 19.4. The molecule has 1 heterocycles. The SMILES string of the molecule is COC(=O)Nc1ccc2c(NC(Cc3ccccc3)C(=O)O)nn(C)c2c1. The summed E-state index contributed by atoms with van der Waals surface area (Å²) < 4.78 is 6.21. The molecule has 0 saturated heterocycles. The Bertz CT molecular complexity index is 969. The molecular weight excluding hydrogens is 348 g/mol. The average molecular weight is 368 g/mol. The number of hydrogen-bond acceptors (Lipinski definition) is 5. The highest BCUT2D eigenvalue weighted by atomic mass is 16.5.